The molecule has 0 aliphatic carbocycles. The predicted octanol–water partition coefficient (Wildman–Crippen LogP) is 6.51. The Morgan fingerprint density at radius 2 is 1.61 bits per heavy atom. The number of nitrogens with zero attached hydrogens (tertiary/aromatic N) is 1. The first-order valence-corrected chi connectivity index (χ1v) is 9.43. The van der Waals surface area contributed by atoms with E-state index in [1.165, 1.54) is 33.6 Å². The third-order valence-electron chi connectivity index (χ3n) is 4.59. The maximum atomic E-state index is 2.55. The van der Waals surface area contributed by atoms with E-state index >= 15 is 0 Å². The highest BCUT2D eigenvalue weighted by Crippen LogP contribution is 2.45. The van der Waals surface area contributed by atoms with Crippen LogP contribution in [0.3, 0.4) is 0 Å². The summed E-state index contributed by atoms with van der Waals surface area (Å²) in [5, 5.41) is 0. The van der Waals surface area contributed by atoms with E-state index in [9.17, 15) is 0 Å². The Morgan fingerprint density at radius 1 is 0.913 bits per heavy atom. The van der Waals surface area contributed by atoms with Gasteiger partial charge in [0.05, 0.1) is 11.6 Å². The third kappa shape index (κ3) is 2.92. The molecule has 120 valence electrons. The SMILES string of the molecule is CCC1=C(CC)N(c2c(C)ccc(C)c2-c2ccccc2)CS1. The van der Waals surface area contributed by atoms with Crippen molar-refractivity contribution in [1.29, 1.82) is 0 Å². The van der Waals surface area contributed by atoms with Crippen LogP contribution in [0.2, 0.25) is 0 Å². The van der Waals surface area contributed by atoms with E-state index in [0.29, 0.717) is 0 Å². The minimum Gasteiger partial charge on any atom is -0.334 e. The molecule has 2 heteroatoms. The van der Waals surface area contributed by atoms with Gasteiger partial charge >= 0.3 is 0 Å². The highest BCUT2D eigenvalue weighted by Gasteiger charge is 2.26. The Bertz CT molecular complexity index is 731. The molecule has 0 unspecified atom stereocenters. The Balaban J connectivity index is 2.21. The molecule has 0 fully saturated rings. The fourth-order valence-electron chi connectivity index (χ4n) is 3.46. The Kier molecular flexibility index (Phi) is 4.82. The van der Waals surface area contributed by atoms with Crippen LogP contribution >= 0.6 is 11.8 Å². The van der Waals surface area contributed by atoms with Gasteiger partial charge in [-0.25, -0.2) is 0 Å². The summed E-state index contributed by atoms with van der Waals surface area (Å²) in [6.07, 6.45) is 2.23. The van der Waals surface area contributed by atoms with Gasteiger partial charge in [-0.2, -0.15) is 0 Å². The maximum absolute atomic E-state index is 2.55. The third-order valence-corrected chi connectivity index (χ3v) is 5.85. The van der Waals surface area contributed by atoms with Crippen molar-refractivity contribution >= 4 is 17.4 Å². The second-order valence-electron chi connectivity index (χ2n) is 6.07. The van der Waals surface area contributed by atoms with E-state index < -0.39 is 0 Å². The van der Waals surface area contributed by atoms with Crippen molar-refractivity contribution in [2.24, 2.45) is 0 Å². The van der Waals surface area contributed by atoms with Crippen molar-refractivity contribution < 1.29 is 0 Å². The van der Waals surface area contributed by atoms with E-state index in [2.05, 4.69) is 75.1 Å². The zero-order chi connectivity index (χ0) is 16.4. The van der Waals surface area contributed by atoms with E-state index in [4.69, 9.17) is 0 Å². The van der Waals surface area contributed by atoms with Gasteiger partial charge in [-0.05, 0) is 43.4 Å². The largest absolute Gasteiger partial charge is 0.334 e. The summed E-state index contributed by atoms with van der Waals surface area (Å²) < 4.78 is 0. The van der Waals surface area contributed by atoms with Crippen molar-refractivity contribution in [3.05, 3.63) is 64.2 Å². The molecule has 0 saturated heterocycles. The number of aryl methyl sites for hydroxylation is 2. The molecule has 3 rings (SSSR count). The number of thioether (sulfide) groups is 1. The fraction of sp³-hybridized carbons (Fsp3) is 0.333. The first-order valence-electron chi connectivity index (χ1n) is 8.45. The molecule has 0 atom stereocenters. The van der Waals surface area contributed by atoms with E-state index in [1.807, 2.05) is 11.8 Å². The number of rotatable bonds is 4. The summed E-state index contributed by atoms with van der Waals surface area (Å²) in [6.45, 7) is 9.01. The number of allylic oxidation sites excluding steroid dienone is 2. The van der Waals surface area contributed by atoms with Crippen molar-refractivity contribution in [3.63, 3.8) is 0 Å². The maximum Gasteiger partial charge on any atom is 0.0729 e. The van der Waals surface area contributed by atoms with Crippen LogP contribution in [0.4, 0.5) is 5.69 Å². The molecular weight excluding hydrogens is 298 g/mol. The Hall–Kier alpha value is -1.67. The lowest BCUT2D eigenvalue weighted by molar-refractivity contribution is 0.950. The van der Waals surface area contributed by atoms with Crippen LogP contribution in [0.5, 0.6) is 0 Å². The first-order chi connectivity index (χ1) is 11.2. The average molecular weight is 324 g/mol. The summed E-state index contributed by atoms with van der Waals surface area (Å²) in [5.74, 6) is 1.04. The van der Waals surface area contributed by atoms with Gasteiger partial charge in [-0.3, -0.25) is 0 Å². The van der Waals surface area contributed by atoms with Crippen LogP contribution in [0.25, 0.3) is 11.1 Å². The standard InChI is InChI=1S/C21H25NS/c1-5-18-19(6-2)23-14-22(18)21-16(4)13-12-15(3)20(21)17-10-8-7-9-11-17/h7-13H,5-6,14H2,1-4H3. The normalized spacial score (nSPS) is 14.7. The Morgan fingerprint density at radius 3 is 2.26 bits per heavy atom. The van der Waals surface area contributed by atoms with Crippen LogP contribution in [-0.4, -0.2) is 5.88 Å². The van der Waals surface area contributed by atoms with E-state index in [0.717, 1.165) is 18.7 Å². The van der Waals surface area contributed by atoms with Gasteiger partial charge in [0.15, 0.2) is 0 Å². The minimum atomic E-state index is 1.04. The Labute approximate surface area is 144 Å². The van der Waals surface area contributed by atoms with Crippen LogP contribution in [0.1, 0.15) is 37.8 Å². The second kappa shape index (κ2) is 6.84. The molecule has 23 heavy (non-hydrogen) atoms. The van der Waals surface area contributed by atoms with Gasteiger partial charge in [-0.15, -0.1) is 11.8 Å². The van der Waals surface area contributed by atoms with E-state index in [1.54, 1.807) is 4.91 Å². The summed E-state index contributed by atoms with van der Waals surface area (Å²) in [5.41, 5.74) is 8.30. The molecule has 0 N–H and O–H groups in total. The van der Waals surface area contributed by atoms with Gasteiger partial charge < -0.3 is 4.90 Å². The lowest BCUT2D eigenvalue weighted by Gasteiger charge is -2.27. The van der Waals surface area contributed by atoms with Gasteiger partial charge in [0.1, 0.15) is 0 Å². The van der Waals surface area contributed by atoms with Crippen LogP contribution in [0.15, 0.2) is 53.1 Å². The molecule has 0 saturated carbocycles. The van der Waals surface area contributed by atoms with Gasteiger partial charge in [0.25, 0.3) is 0 Å². The average Bonchev–Trinajstić information content (AvgIpc) is 3.00. The van der Waals surface area contributed by atoms with Gasteiger partial charge in [0.2, 0.25) is 0 Å². The summed E-state index contributed by atoms with van der Waals surface area (Å²) in [4.78, 5) is 4.10. The molecule has 2 aromatic rings. The summed E-state index contributed by atoms with van der Waals surface area (Å²) in [7, 11) is 0. The van der Waals surface area contributed by atoms with Crippen LogP contribution < -0.4 is 4.90 Å². The summed E-state index contributed by atoms with van der Waals surface area (Å²) in [6, 6.07) is 15.3. The van der Waals surface area contributed by atoms with Crippen molar-refractivity contribution in [2.75, 3.05) is 10.8 Å². The molecule has 1 heterocycles. The van der Waals surface area contributed by atoms with Gasteiger partial charge in [0, 0.05) is 16.2 Å². The van der Waals surface area contributed by atoms with E-state index in [-0.39, 0.29) is 0 Å². The molecule has 2 aromatic carbocycles. The number of benzene rings is 2. The molecule has 0 bridgehead atoms. The molecule has 0 spiro atoms. The fourth-order valence-corrected chi connectivity index (χ4v) is 4.66. The zero-order valence-corrected chi connectivity index (χ0v) is 15.3. The second-order valence-corrected chi connectivity index (χ2v) is 7.11. The van der Waals surface area contributed by atoms with Crippen LogP contribution in [0, 0.1) is 13.8 Å². The number of hydrogen-bond acceptors (Lipinski definition) is 2. The topological polar surface area (TPSA) is 3.24 Å². The van der Waals surface area contributed by atoms with Crippen LogP contribution in [-0.2, 0) is 0 Å². The highest BCUT2D eigenvalue weighted by atomic mass is 32.2. The molecule has 0 amide bonds. The molecule has 1 aliphatic heterocycles. The monoisotopic (exact) mass is 323 g/mol. The summed E-state index contributed by atoms with van der Waals surface area (Å²) >= 11 is 2.00. The molecule has 0 radical (unpaired) electrons. The molecule has 0 aromatic heterocycles. The molecular formula is C21H25NS. The lowest BCUT2D eigenvalue weighted by atomic mass is 9.94. The minimum absolute atomic E-state index is 1.04. The predicted molar refractivity (Wildman–Crippen MR) is 104 cm³/mol. The molecule has 1 aliphatic rings. The van der Waals surface area contributed by atoms with Gasteiger partial charge in [-0.1, -0.05) is 56.3 Å². The number of hydrogen-bond donors (Lipinski definition) is 0. The smallest absolute Gasteiger partial charge is 0.0729 e. The highest BCUT2D eigenvalue weighted by molar-refractivity contribution is 8.03. The zero-order valence-electron chi connectivity index (χ0n) is 14.5. The first kappa shape index (κ1) is 16.2. The molecule has 1 nitrogen and oxygen atoms in total. The quantitative estimate of drug-likeness (QED) is 0.630. The lowest BCUT2D eigenvalue weighted by Crippen LogP contribution is -2.20. The van der Waals surface area contributed by atoms with Crippen molar-refractivity contribution in [3.8, 4) is 11.1 Å². The number of anilines is 1. The van der Waals surface area contributed by atoms with Crippen molar-refractivity contribution in [2.45, 2.75) is 40.5 Å². The van der Waals surface area contributed by atoms with Crippen molar-refractivity contribution in [1.82, 2.24) is 0 Å².